The Bertz CT molecular complexity index is 1150. The van der Waals surface area contributed by atoms with E-state index in [1.54, 1.807) is 41.7 Å². The van der Waals surface area contributed by atoms with Gasteiger partial charge in [-0.05, 0) is 35.7 Å². The number of hydrogen-bond donors (Lipinski definition) is 3. The molecule has 2 heterocycles. The van der Waals surface area contributed by atoms with E-state index < -0.39 is 5.97 Å². The van der Waals surface area contributed by atoms with Gasteiger partial charge in [-0.15, -0.1) is 11.3 Å². The number of carboxylic acids is 1. The molecule has 2 aromatic carbocycles. The quantitative estimate of drug-likeness (QED) is 0.457. The van der Waals surface area contributed by atoms with E-state index >= 15 is 0 Å². The Labute approximate surface area is 152 Å². The molecule has 0 saturated heterocycles. The largest absolute Gasteiger partial charge is 0.508 e. The number of aromatic nitrogens is 1. The molecule has 0 atom stereocenters. The lowest BCUT2D eigenvalue weighted by molar-refractivity contribution is 0.0697. The number of rotatable bonds is 4. The van der Waals surface area contributed by atoms with Crippen LogP contribution in [0, 0.1) is 0 Å². The fourth-order valence-electron chi connectivity index (χ4n) is 2.84. The first-order chi connectivity index (χ1) is 12.6. The zero-order valence-corrected chi connectivity index (χ0v) is 14.5. The summed E-state index contributed by atoms with van der Waals surface area (Å²) in [6.45, 7) is 0. The molecule has 130 valence electrons. The van der Waals surface area contributed by atoms with Crippen molar-refractivity contribution in [3.8, 4) is 11.5 Å². The summed E-state index contributed by atoms with van der Waals surface area (Å²) in [5.74, 6) is 0.190. The number of nitrogens with one attached hydrogen (secondary N) is 1. The Morgan fingerprint density at radius 3 is 2.77 bits per heavy atom. The van der Waals surface area contributed by atoms with Crippen LogP contribution < -0.4 is 10.1 Å². The van der Waals surface area contributed by atoms with Gasteiger partial charge in [0.25, 0.3) is 0 Å². The minimum atomic E-state index is -0.991. The van der Waals surface area contributed by atoms with E-state index in [0.29, 0.717) is 22.8 Å². The number of benzene rings is 2. The van der Waals surface area contributed by atoms with E-state index in [1.165, 1.54) is 13.2 Å². The standard InChI is InChI=1S/C19H14N2O4S/c1-25-16-9-11(22)3-5-14(16)20-18-13-6-7-26-17(13)12-4-2-10(19(23)24)8-15(12)21-18/h2-9,22H,1H3,(H,20,21)(H,23,24). The summed E-state index contributed by atoms with van der Waals surface area (Å²) in [7, 11) is 1.52. The van der Waals surface area contributed by atoms with Crippen LogP contribution in [0.4, 0.5) is 11.5 Å². The van der Waals surface area contributed by atoms with Crippen LogP contribution in [0.2, 0.25) is 0 Å². The van der Waals surface area contributed by atoms with Crippen LogP contribution in [0.15, 0.2) is 47.8 Å². The van der Waals surface area contributed by atoms with Crippen LogP contribution in [0.3, 0.4) is 0 Å². The number of methoxy groups -OCH3 is 1. The number of pyridine rings is 1. The average molecular weight is 366 g/mol. The summed E-state index contributed by atoms with van der Waals surface area (Å²) in [6, 6.07) is 11.7. The number of phenolic OH excluding ortho intramolecular Hbond substituents is 1. The summed E-state index contributed by atoms with van der Waals surface area (Å²) in [6.07, 6.45) is 0. The molecule has 0 amide bonds. The number of carbonyl (C=O) groups is 1. The molecule has 6 nitrogen and oxygen atoms in total. The van der Waals surface area contributed by atoms with Crippen LogP contribution in [0.1, 0.15) is 10.4 Å². The highest BCUT2D eigenvalue weighted by atomic mass is 32.1. The highest BCUT2D eigenvalue weighted by Crippen LogP contribution is 2.37. The Hall–Kier alpha value is -3.32. The third-order valence-electron chi connectivity index (χ3n) is 4.08. The van der Waals surface area contributed by atoms with Gasteiger partial charge < -0.3 is 20.3 Å². The predicted molar refractivity (Wildman–Crippen MR) is 102 cm³/mol. The number of hydrogen-bond acceptors (Lipinski definition) is 6. The van der Waals surface area contributed by atoms with Gasteiger partial charge in [-0.25, -0.2) is 9.78 Å². The second-order valence-electron chi connectivity index (χ2n) is 5.67. The van der Waals surface area contributed by atoms with Crippen LogP contribution >= 0.6 is 11.3 Å². The number of aromatic hydroxyl groups is 1. The monoisotopic (exact) mass is 366 g/mol. The molecule has 7 heteroatoms. The first kappa shape index (κ1) is 16.2. The number of nitrogens with zero attached hydrogens (tertiary/aromatic N) is 1. The summed E-state index contributed by atoms with van der Waals surface area (Å²) >= 11 is 1.57. The maximum atomic E-state index is 11.3. The number of carboxylic acid groups (broad SMARTS) is 1. The third kappa shape index (κ3) is 2.68. The van der Waals surface area contributed by atoms with Gasteiger partial charge in [0.15, 0.2) is 0 Å². The highest BCUT2D eigenvalue weighted by Gasteiger charge is 2.14. The Balaban J connectivity index is 1.90. The fourth-order valence-corrected chi connectivity index (χ4v) is 3.77. The molecule has 4 rings (SSSR count). The molecule has 26 heavy (non-hydrogen) atoms. The Kier molecular flexibility index (Phi) is 3.85. The SMILES string of the molecule is COc1cc(O)ccc1Nc1nc2cc(C(=O)O)ccc2c2sccc12. The normalized spacial score (nSPS) is 11.0. The zero-order chi connectivity index (χ0) is 18.3. The maximum Gasteiger partial charge on any atom is 0.335 e. The molecular weight excluding hydrogens is 352 g/mol. The molecule has 0 unspecified atom stereocenters. The Morgan fingerprint density at radius 2 is 2.00 bits per heavy atom. The molecule has 0 fully saturated rings. The first-order valence-electron chi connectivity index (χ1n) is 7.75. The van der Waals surface area contributed by atoms with E-state index in [4.69, 9.17) is 4.74 Å². The van der Waals surface area contributed by atoms with E-state index in [1.807, 2.05) is 11.4 Å². The van der Waals surface area contributed by atoms with Gasteiger partial charge in [0.05, 0.1) is 23.9 Å². The molecule has 2 aromatic heterocycles. The van der Waals surface area contributed by atoms with Crippen molar-refractivity contribution in [3.05, 3.63) is 53.4 Å². The summed E-state index contributed by atoms with van der Waals surface area (Å²) in [5, 5.41) is 25.9. The number of aromatic carboxylic acids is 1. The van der Waals surface area contributed by atoms with Crippen molar-refractivity contribution >= 4 is 49.8 Å². The molecule has 0 spiro atoms. The van der Waals surface area contributed by atoms with E-state index in [2.05, 4.69) is 10.3 Å². The summed E-state index contributed by atoms with van der Waals surface area (Å²) in [4.78, 5) is 15.9. The third-order valence-corrected chi connectivity index (χ3v) is 5.03. The summed E-state index contributed by atoms with van der Waals surface area (Å²) in [5.41, 5.74) is 1.44. The maximum absolute atomic E-state index is 11.3. The topological polar surface area (TPSA) is 91.7 Å². The zero-order valence-electron chi connectivity index (χ0n) is 13.7. The number of fused-ring (bicyclic) bond motifs is 3. The van der Waals surface area contributed by atoms with Gasteiger partial charge in [0, 0.05) is 21.5 Å². The number of thiophene rings is 1. The highest BCUT2D eigenvalue weighted by molar-refractivity contribution is 7.18. The van der Waals surface area contributed by atoms with Crippen molar-refractivity contribution in [3.63, 3.8) is 0 Å². The van der Waals surface area contributed by atoms with Gasteiger partial charge in [0.2, 0.25) is 0 Å². The molecule has 0 bridgehead atoms. The lowest BCUT2D eigenvalue weighted by Gasteiger charge is -2.13. The average Bonchev–Trinajstić information content (AvgIpc) is 3.13. The van der Waals surface area contributed by atoms with Gasteiger partial charge in [-0.1, -0.05) is 6.07 Å². The lowest BCUT2D eigenvalue weighted by Crippen LogP contribution is -1.99. The van der Waals surface area contributed by atoms with Gasteiger partial charge >= 0.3 is 5.97 Å². The molecule has 4 aromatic rings. The van der Waals surface area contributed by atoms with Gasteiger partial charge in [-0.2, -0.15) is 0 Å². The minimum absolute atomic E-state index is 0.102. The molecule has 3 N–H and O–H groups in total. The van der Waals surface area contributed by atoms with Crippen molar-refractivity contribution < 1.29 is 19.7 Å². The van der Waals surface area contributed by atoms with Crippen LogP contribution in [-0.2, 0) is 0 Å². The predicted octanol–water partition coefficient (Wildman–Crippen LogP) is 4.61. The lowest BCUT2D eigenvalue weighted by atomic mass is 10.1. The van der Waals surface area contributed by atoms with Crippen molar-refractivity contribution in [1.82, 2.24) is 4.98 Å². The van der Waals surface area contributed by atoms with Crippen LogP contribution in [-0.4, -0.2) is 28.3 Å². The van der Waals surface area contributed by atoms with E-state index in [-0.39, 0.29) is 11.3 Å². The second kappa shape index (κ2) is 6.20. The van der Waals surface area contributed by atoms with Crippen molar-refractivity contribution in [2.24, 2.45) is 0 Å². The summed E-state index contributed by atoms with van der Waals surface area (Å²) < 4.78 is 6.33. The molecule has 0 radical (unpaired) electrons. The van der Waals surface area contributed by atoms with Crippen molar-refractivity contribution in [2.75, 3.05) is 12.4 Å². The molecule has 0 saturated carbocycles. The first-order valence-corrected chi connectivity index (χ1v) is 8.63. The fraction of sp³-hybridized carbons (Fsp3) is 0.0526. The van der Waals surface area contributed by atoms with E-state index in [0.717, 1.165) is 15.5 Å². The molecule has 0 aliphatic carbocycles. The van der Waals surface area contributed by atoms with Crippen molar-refractivity contribution in [2.45, 2.75) is 0 Å². The molecule has 0 aliphatic rings. The Morgan fingerprint density at radius 1 is 1.15 bits per heavy atom. The smallest absolute Gasteiger partial charge is 0.335 e. The van der Waals surface area contributed by atoms with Crippen LogP contribution in [0.25, 0.3) is 21.0 Å². The number of phenols is 1. The minimum Gasteiger partial charge on any atom is -0.508 e. The number of ether oxygens (including phenoxy) is 1. The molecular formula is C19H14N2O4S. The van der Waals surface area contributed by atoms with Gasteiger partial charge in [0.1, 0.15) is 17.3 Å². The molecule has 0 aliphatic heterocycles. The van der Waals surface area contributed by atoms with E-state index in [9.17, 15) is 15.0 Å². The van der Waals surface area contributed by atoms with Crippen molar-refractivity contribution in [1.29, 1.82) is 0 Å². The second-order valence-corrected chi connectivity index (χ2v) is 6.59. The number of anilines is 2. The van der Waals surface area contributed by atoms with Crippen LogP contribution in [0.5, 0.6) is 11.5 Å². The van der Waals surface area contributed by atoms with Gasteiger partial charge in [-0.3, -0.25) is 0 Å².